The van der Waals surface area contributed by atoms with Crippen LogP contribution in [-0.2, 0) is 0 Å². The van der Waals surface area contributed by atoms with Crippen molar-refractivity contribution < 1.29 is 14.7 Å². The Labute approximate surface area is 141 Å². The van der Waals surface area contributed by atoms with Crippen LogP contribution in [0.25, 0.3) is 0 Å². The molecule has 0 aromatic heterocycles. The lowest BCUT2D eigenvalue weighted by molar-refractivity contribution is -0.954. The highest BCUT2D eigenvalue weighted by atomic mass is 16.5. The van der Waals surface area contributed by atoms with Gasteiger partial charge in [-0.15, -0.1) is 0 Å². The number of benzene rings is 1. The standard InChI is InChI=1S/C20H33NO2/c1-14(2)20-10-9-19(11-15(20)3)23-13-18(22)12-21-16(4)7-6-8-17(21)5/h9-11,14,16-18,22H,6-8,12-13H2,1-5H3/p+1/t16-,17-,18+/m0/s1. The maximum absolute atomic E-state index is 10.4. The lowest BCUT2D eigenvalue weighted by Crippen LogP contribution is -3.20. The van der Waals surface area contributed by atoms with Crippen LogP contribution < -0.4 is 9.64 Å². The molecule has 1 aromatic rings. The molecule has 1 aromatic carbocycles. The van der Waals surface area contributed by atoms with Gasteiger partial charge >= 0.3 is 0 Å². The van der Waals surface area contributed by atoms with E-state index in [0.717, 1.165) is 12.3 Å². The maximum Gasteiger partial charge on any atom is 0.137 e. The Kier molecular flexibility index (Phi) is 6.49. The van der Waals surface area contributed by atoms with Gasteiger partial charge in [-0.3, -0.25) is 0 Å². The molecule has 2 rings (SSSR count). The number of aliphatic hydroxyl groups is 1. The highest BCUT2D eigenvalue weighted by Gasteiger charge is 2.30. The number of hydrogen-bond acceptors (Lipinski definition) is 2. The van der Waals surface area contributed by atoms with Crippen LogP contribution in [0.4, 0.5) is 0 Å². The Morgan fingerprint density at radius 2 is 1.87 bits per heavy atom. The van der Waals surface area contributed by atoms with Gasteiger partial charge in [0.25, 0.3) is 0 Å². The van der Waals surface area contributed by atoms with Crippen molar-refractivity contribution in [1.82, 2.24) is 0 Å². The summed E-state index contributed by atoms with van der Waals surface area (Å²) in [5.74, 6) is 1.39. The molecule has 0 amide bonds. The maximum atomic E-state index is 10.4. The third-order valence-corrected chi connectivity index (χ3v) is 5.32. The van der Waals surface area contributed by atoms with Crippen molar-refractivity contribution in [3.05, 3.63) is 29.3 Å². The zero-order chi connectivity index (χ0) is 17.0. The van der Waals surface area contributed by atoms with E-state index in [1.165, 1.54) is 35.3 Å². The van der Waals surface area contributed by atoms with Crippen LogP contribution >= 0.6 is 0 Å². The van der Waals surface area contributed by atoms with Crippen LogP contribution in [0.3, 0.4) is 0 Å². The molecule has 23 heavy (non-hydrogen) atoms. The molecule has 3 nitrogen and oxygen atoms in total. The van der Waals surface area contributed by atoms with E-state index in [9.17, 15) is 5.11 Å². The van der Waals surface area contributed by atoms with Gasteiger partial charge in [0.15, 0.2) is 0 Å². The van der Waals surface area contributed by atoms with E-state index in [4.69, 9.17) is 4.74 Å². The van der Waals surface area contributed by atoms with Crippen molar-refractivity contribution in [3.8, 4) is 5.75 Å². The zero-order valence-corrected chi connectivity index (χ0v) is 15.4. The summed E-state index contributed by atoms with van der Waals surface area (Å²) in [5.41, 5.74) is 2.62. The molecule has 0 bridgehead atoms. The molecule has 1 aliphatic heterocycles. The number of rotatable bonds is 6. The average molecular weight is 320 g/mol. The number of aryl methyl sites for hydroxylation is 1. The van der Waals surface area contributed by atoms with Gasteiger partial charge in [0.1, 0.15) is 25.0 Å². The number of likely N-dealkylation sites (tertiary alicyclic amines) is 1. The van der Waals surface area contributed by atoms with Gasteiger partial charge in [-0.25, -0.2) is 0 Å². The fraction of sp³-hybridized carbons (Fsp3) is 0.700. The van der Waals surface area contributed by atoms with E-state index in [1.807, 2.05) is 6.07 Å². The fourth-order valence-corrected chi connectivity index (χ4v) is 3.90. The van der Waals surface area contributed by atoms with Crippen LogP contribution in [0, 0.1) is 6.92 Å². The van der Waals surface area contributed by atoms with Crippen molar-refractivity contribution in [1.29, 1.82) is 0 Å². The Hall–Kier alpha value is -1.06. The smallest absolute Gasteiger partial charge is 0.137 e. The first kappa shape index (κ1) is 18.3. The second-order valence-electron chi connectivity index (χ2n) is 7.65. The molecule has 0 spiro atoms. The Balaban J connectivity index is 1.86. The topological polar surface area (TPSA) is 33.9 Å². The molecule has 1 heterocycles. The van der Waals surface area contributed by atoms with Crippen LogP contribution in [-0.4, -0.2) is 36.4 Å². The summed E-state index contributed by atoms with van der Waals surface area (Å²) in [4.78, 5) is 1.53. The van der Waals surface area contributed by atoms with Crippen LogP contribution in [0.1, 0.15) is 64.0 Å². The van der Waals surface area contributed by atoms with Gasteiger partial charge in [-0.1, -0.05) is 19.9 Å². The third-order valence-electron chi connectivity index (χ3n) is 5.32. The second-order valence-corrected chi connectivity index (χ2v) is 7.65. The normalized spacial score (nSPS) is 24.0. The molecule has 3 atom stereocenters. The number of hydrogen-bond donors (Lipinski definition) is 2. The molecular formula is C20H34NO2+. The summed E-state index contributed by atoms with van der Waals surface area (Å²) in [6.45, 7) is 12.3. The van der Waals surface area contributed by atoms with Gasteiger partial charge in [-0.2, -0.15) is 0 Å². The molecule has 0 unspecified atom stereocenters. The lowest BCUT2D eigenvalue weighted by atomic mass is 9.97. The molecule has 2 N–H and O–H groups in total. The number of piperidine rings is 1. The summed E-state index contributed by atoms with van der Waals surface area (Å²) in [7, 11) is 0. The predicted molar refractivity (Wildman–Crippen MR) is 95.4 cm³/mol. The van der Waals surface area contributed by atoms with Gasteiger partial charge in [0, 0.05) is 0 Å². The molecule has 130 valence electrons. The second kappa shape index (κ2) is 8.16. The SMILES string of the molecule is Cc1cc(OC[C@H](O)C[NH+]2[C@@H](C)CCC[C@@H]2C)ccc1C(C)C. The highest BCUT2D eigenvalue weighted by Crippen LogP contribution is 2.23. The number of nitrogens with one attached hydrogen (secondary N) is 1. The number of ether oxygens (including phenoxy) is 1. The van der Waals surface area contributed by atoms with E-state index in [0.29, 0.717) is 24.6 Å². The minimum Gasteiger partial charge on any atom is -0.491 e. The van der Waals surface area contributed by atoms with Gasteiger partial charge in [0.2, 0.25) is 0 Å². The monoisotopic (exact) mass is 320 g/mol. The van der Waals surface area contributed by atoms with Crippen LogP contribution in [0.15, 0.2) is 18.2 Å². The van der Waals surface area contributed by atoms with Crippen molar-refractivity contribution in [2.24, 2.45) is 0 Å². The Bertz CT molecular complexity index is 490. The van der Waals surface area contributed by atoms with E-state index < -0.39 is 6.10 Å². The van der Waals surface area contributed by atoms with E-state index in [2.05, 4.69) is 46.8 Å². The molecule has 1 saturated heterocycles. The van der Waals surface area contributed by atoms with E-state index >= 15 is 0 Å². The minimum atomic E-state index is -0.405. The first-order valence-electron chi connectivity index (χ1n) is 9.15. The molecule has 0 aliphatic carbocycles. The van der Waals surface area contributed by atoms with Crippen LogP contribution in [0.5, 0.6) is 5.75 Å². The van der Waals surface area contributed by atoms with Crippen molar-refractivity contribution in [2.75, 3.05) is 13.2 Å². The molecule has 1 aliphatic rings. The average Bonchev–Trinajstić information content (AvgIpc) is 2.49. The summed E-state index contributed by atoms with van der Waals surface area (Å²) in [6, 6.07) is 7.53. The largest absolute Gasteiger partial charge is 0.491 e. The zero-order valence-electron chi connectivity index (χ0n) is 15.4. The van der Waals surface area contributed by atoms with Crippen molar-refractivity contribution in [3.63, 3.8) is 0 Å². The van der Waals surface area contributed by atoms with Crippen molar-refractivity contribution >= 4 is 0 Å². The highest BCUT2D eigenvalue weighted by molar-refractivity contribution is 5.36. The Morgan fingerprint density at radius 3 is 2.43 bits per heavy atom. The molecule has 0 saturated carbocycles. The minimum absolute atomic E-state index is 0.378. The lowest BCUT2D eigenvalue weighted by Gasteiger charge is -2.36. The molecular weight excluding hydrogens is 286 g/mol. The van der Waals surface area contributed by atoms with Gasteiger partial charge in [-0.05, 0) is 69.2 Å². The fourth-order valence-electron chi connectivity index (χ4n) is 3.90. The van der Waals surface area contributed by atoms with E-state index in [1.54, 1.807) is 0 Å². The molecule has 3 heteroatoms. The van der Waals surface area contributed by atoms with Gasteiger partial charge < -0.3 is 14.7 Å². The first-order valence-corrected chi connectivity index (χ1v) is 9.15. The molecule has 1 fully saturated rings. The summed E-state index contributed by atoms with van der Waals surface area (Å²) >= 11 is 0. The van der Waals surface area contributed by atoms with E-state index in [-0.39, 0.29) is 0 Å². The quantitative estimate of drug-likeness (QED) is 0.845. The Morgan fingerprint density at radius 1 is 1.22 bits per heavy atom. The van der Waals surface area contributed by atoms with Crippen LogP contribution in [0.2, 0.25) is 0 Å². The number of aliphatic hydroxyl groups excluding tert-OH is 1. The molecule has 0 radical (unpaired) electrons. The number of quaternary nitrogens is 1. The third kappa shape index (κ3) is 4.95. The summed E-state index contributed by atoms with van der Waals surface area (Å²) < 4.78 is 5.83. The first-order chi connectivity index (χ1) is 10.9. The summed E-state index contributed by atoms with van der Waals surface area (Å²) in [6.07, 6.45) is 3.45. The van der Waals surface area contributed by atoms with Gasteiger partial charge in [0.05, 0.1) is 12.1 Å². The van der Waals surface area contributed by atoms with Crippen molar-refractivity contribution in [2.45, 2.75) is 78.0 Å². The predicted octanol–water partition coefficient (Wildman–Crippen LogP) is 2.70. The summed E-state index contributed by atoms with van der Waals surface area (Å²) in [5, 5.41) is 10.4.